The number of nitrogens with one attached hydrogen (secondary N) is 5. The number of aromatic nitrogens is 3. The van der Waals surface area contributed by atoms with E-state index < -0.39 is 30.0 Å². The molecule has 0 bridgehead atoms. The molecule has 5 aromatic rings. The number of carbonyl (C=O) groups excluding carboxylic acids is 6. The Morgan fingerprint density at radius 3 is 1.62 bits per heavy atom. The number of imide groups is 1. The number of benzene rings is 4. The Morgan fingerprint density at radius 1 is 0.577 bits per heavy atom. The molecule has 97 heavy (non-hydrogen) atoms. The standard InChI is InChI=1S/C70H93Br2N9O16/c1-52-16-24-58(25-17-52)76-67(85)61(15-9-10-28-75-70(55-11-5-3-6-12-55,56-13-7-4-8-14-56)57-22-26-60(88-2)27-23-57)77-63(83)51-97-50-62(82)73-29-31-89-33-35-91-37-39-93-41-43-95-45-46-96-44-42-94-40-38-92-36-34-90-32-30-80-49-59(78-79-80)47-74-66(84)54-20-18-53(19-21-54)48-81-68(86)64(71)65(72)69(81)87/h3-8,11-14,16-17,22-27,49,53-54,61,75H,9-10,15,18-21,28-48,50-51H2,1-2H3,(H,73,82)(H,74,84)(H,76,85)(H,77,83)/t53?,54?,61-/m0/s1. The van der Waals surface area contributed by atoms with Gasteiger partial charge in [-0.1, -0.05) is 95.7 Å². The number of carbonyl (C=O) groups is 6. The number of ether oxygens (including phenoxy) is 10. The van der Waals surface area contributed by atoms with Crippen LogP contribution in [0.25, 0.3) is 0 Å². The van der Waals surface area contributed by atoms with E-state index in [9.17, 15) is 28.8 Å². The zero-order valence-electron chi connectivity index (χ0n) is 55.5. The number of hydrogen-bond donors (Lipinski definition) is 5. The van der Waals surface area contributed by atoms with Crippen molar-refractivity contribution in [3.63, 3.8) is 0 Å². The SMILES string of the molecule is COc1ccc(C(NCCCC[C@H](NC(=O)COCC(=O)NCCOCCOCCOCCOCCOCCOCCOCCOCCn2cc(CNC(=O)C3CCC(CN4C(=O)C(Br)=C(Br)C4=O)CC3)nn2)C(=O)Nc2ccc(C)cc2)(c2ccccc2)c2ccccc2)cc1. The summed E-state index contributed by atoms with van der Waals surface area (Å²) in [5.74, 6) is -1.19. The molecule has 7 rings (SSSR count). The molecule has 1 fully saturated rings. The lowest BCUT2D eigenvalue weighted by molar-refractivity contribution is -0.138. The first-order valence-electron chi connectivity index (χ1n) is 33.1. The number of unbranched alkanes of at least 4 members (excludes halogenated alkanes) is 1. The summed E-state index contributed by atoms with van der Waals surface area (Å²) in [4.78, 5) is 78.2. The van der Waals surface area contributed by atoms with Gasteiger partial charge in [0.25, 0.3) is 11.8 Å². The van der Waals surface area contributed by atoms with Crippen molar-refractivity contribution in [2.75, 3.05) is 151 Å². The smallest absolute Gasteiger partial charge is 0.269 e. The number of hydrogen-bond acceptors (Lipinski definition) is 19. The van der Waals surface area contributed by atoms with Crippen molar-refractivity contribution >= 4 is 73.0 Å². The van der Waals surface area contributed by atoms with Crippen LogP contribution in [0.2, 0.25) is 0 Å². The summed E-state index contributed by atoms with van der Waals surface area (Å²) in [6, 6.07) is 35.2. The lowest BCUT2D eigenvalue weighted by atomic mass is 9.77. The molecular weight excluding hydrogens is 1380 g/mol. The molecule has 1 aromatic heterocycles. The lowest BCUT2D eigenvalue weighted by Gasteiger charge is -2.37. The molecule has 2 aliphatic rings. The molecule has 0 spiro atoms. The Labute approximate surface area is 584 Å². The number of nitrogens with zero attached hydrogens (tertiary/aromatic N) is 4. The van der Waals surface area contributed by atoms with Gasteiger partial charge in [-0.05, 0) is 137 Å². The van der Waals surface area contributed by atoms with Crippen LogP contribution in [0.1, 0.15) is 72.9 Å². The van der Waals surface area contributed by atoms with Crippen LogP contribution in [-0.2, 0) is 90.0 Å². The van der Waals surface area contributed by atoms with Gasteiger partial charge in [0.1, 0.15) is 39.7 Å². The number of methoxy groups -OCH3 is 1. The fourth-order valence-corrected chi connectivity index (χ4v) is 11.7. The van der Waals surface area contributed by atoms with Gasteiger partial charge in [0.2, 0.25) is 23.6 Å². The number of anilines is 1. The molecule has 0 saturated heterocycles. The zero-order valence-corrected chi connectivity index (χ0v) is 58.7. The number of halogens is 2. The van der Waals surface area contributed by atoms with E-state index in [1.807, 2.05) is 79.7 Å². The van der Waals surface area contributed by atoms with Gasteiger partial charge < -0.3 is 68.6 Å². The lowest BCUT2D eigenvalue weighted by Crippen LogP contribution is -2.46. The Morgan fingerprint density at radius 2 is 1.08 bits per heavy atom. The van der Waals surface area contributed by atoms with Crippen molar-refractivity contribution in [2.24, 2.45) is 11.8 Å². The topological polar surface area (TPSA) is 289 Å². The van der Waals surface area contributed by atoms with Crippen molar-refractivity contribution in [1.29, 1.82) is 0 Å². The first kappa shape index (κ1) is 77.5. The third-order valence-electron chi connectivity index (χ3n) is 16.1. The normalized spacial score (nSPS) is 15.2. The highest BCUT2D eigenvalue weighted by molar-refractivity contribution is 9.14. The van der Waals surface area contributed by atoms with Gasteiger partial charge in [-0.2, -0.15) is 0 Å². The molecule has 27 heteroatoms. The van der Waals surface area contributed by atoms with Gasteiger partial charge in [-0.15, -0.1) is 5.10 Å². The van der Waals surface area contributed by atoms with Crippen LogP contribution in [0.4, 0.5) is 5.69 Å². The molecule has 1 saturated carbocycles. The highest BCUT2D eigenvalue weighted by atomic mass is 79.9. The highest BCUT2D eigenvalue weighted by Crippen LogP contribution is 2.38. The van der Waals surface area contributed by atoms with Crippen LogP contribution in [-0.4, -0.2) is 207 Å². The van der Waals surface area contributed by atoms with Crippen LogP contribution < -0.4 is 31.3 Å². The fourth-order valence-electron chi connectivity index (χ4n) is 10.9. The molecule has 0 unspecified atom stereocenters. The van der Waals surface area contributed by atoms with Crippen LogP contribution in [0.3, 0.4) is 0 Å². The van der Waals surface area contributed by atoms with Gasteiger partial charge in [-0.3, -0.25) is 39.0 Å². The maximum atomic E-state index is 13.7. The van der Waals surface area contributed by atoms with E-state index in [0.717, 1.165) is 40.8 Å². The van der Waals surface area contributed by atoms with Crippen molar-refractivity contribution in [1.82, 2.24) is 41.2 Å². The summed E-state index contributed by atoms with van der Waals surface area (Å²) in [5.41, 5.74) is 4.80. The Balaban J connectivity index is 0.619. The van der Waals surface area contributed by atoms with E-state index in [-0.39, 0.29) is 70.7 Å². The van der Waals surface area contributed by atoms with Crippen LogP contribution in [0.15, 0.2) is 124 Å². The van der Waals surface area contributed by atoms with Crippen molar-refractivity contribution in [2.45, 2.75) is 76.5 Å². The molecule has 1 aliphatic carbocycles. The molecule has 4 aromatic carbocycles. The van der Waals surface area contributed by atoms with Crippen LogP contribution >= 0.6 is 31.9 Å². The average Bonchev–Trinajstić information content (AvgIpc) is 1.41. The third kappa shape index (κ3) is 27.1. The van der Waals surface area contributed by atoms with Crippen LogP contribution in [0.5, 0.6) is 5.75 Å². The van der Waals surface area contributed by atoms with Crippen molar-refractivity contribution in [3.8, 4) is 5.75 Å². The molecule has 1 atom stereocenters. The van der Waals surface area contributed by atoms with Gasteiger partial charge in [0.15, 0.2) is 0 Å². The zero-order chi connectivity index (χ0) is 68.7. The highest BCUT2D eigenvalue weighted by Gasteiger charge is 2.39. The minimum Gasteiger partial charge on any atom is -0.497 e. The second-order valence-electron chi connectivity index (χ2n) is 23.1. The second kappa shape index (κ2) is 44.2. The van der Waals surface area contributed by atoms with E-state index in [1.165, 1.54) is 4.90 Å². The molecule has 25 nitrogen and oxygen atoms in total. The summed E-state index contributed by atoms with van der Waals surface area (Å²) in [5, 5.41) is 23.6. The predicted octanol–water partition coefficient (Wildman–Crippen LogP) is 6.53. The molecule has 0 radical (unpaired) electrons. The molecule has 528 valence electrons. The quantitative estimate of drug-likeness (QED) is 0.0157. The molecule has 6 amide bonds. The fraction of sp³-hybridized carbons (Fsp3) is 0.514. The summed E-state index contributed by atoms with van der Waals surface area (Å²) in [7, 11) is 1.65. The summed E-state index contributed by atoms with van der Waals surface area (Å²) >= 11 is 6.34. The number of amides is 6. The minimum atomic E-state index is -0.862. The van der Waals surface area contributed by atoms with Crippen molar-refractivity contribution < 1.29 is 76.1 Å². The monoisotopic (exact) mass is 1470 g/mol. The van der Waals surface area contributed by atoms with E-state index in [1.54, 1.807) is 18.0 Å². The Kier molecular flexibility index (Phi) is 35.3. The largest absolute Gasteiger partial charge is 0.497 e. The van der Waals surface area contributed by atoms with Gasteiger partial charge in [-0.25, -0.2) is 4.68 Å². The predicted molar refractivity (Wildman–Crippen MR) is 369 cm³/mol. The molecule has 2 heterocycles. The molecule has 1 aliphatic heterocycles. The van der Waals surface area contributed by atoms with Crippen LogP contribution in [0, 0.1) is 18.8 Å². The maximum Gasteiger partial charge on any atom is 0.269 e. The van der Waals surface area contributed by atoms with E-state index in [4.69, 9.17) is 47.4 Å². The average molecular weight is 1480 g/mol. The van der Waals surface area contributed by atoms with E-state index >= 15 is 0 Å². The minimum absolute atomic E-state index is 0.0337. The first-order chi connectivity index (χ1) is 47.3. The third-order valence-corrected chi connectivity index (χ3v) is 18.1. The van der Waals surface area contributed by atoms with E-state index in [2.05, 4.69) is 105 Å². The maximum absolute atomic E-state index is 13.7. The van der Waals surface area contributed by atoms with Crippen molar-refractivity contribution in [3.05, 3.63) is 152 Å². The summed E-state index contributed by atoms with van der Waals surface area (Å²) in [6.07, 6.45) is 6.33. The molecular formula is C70H93Br2N9O16. The molecule has 5 N–H and O–H groups in total. The first-order valence-corrected chi connectivity index (χ1v) is 34.6. The number of rotatable bonds is 49. The number of aryl methyl sites for hydroxylation is 1. The van der Waals surface area contributed by atoms with Gasteiger partial charge in [0.05, 0.1) is 138 Å². The van der Waals surface area contributed by atoms with Gasteiger partial charge >= 0.3 is 0 Å². The summed E-state index contributed by atoms with van der Waals surface area (Å²) in [6.45, 7) is 9.55. The second-order valence-corrected chi connectivity index (χ2v) is 24.7. The Bertz CT molecular complexity index is 3120. The van der Waals surface area contributed by atoms with Gasteiger partial charge in [0, 0.05) is 24.7 Å². The van der Waals surface area contributed by atoms with E-state index in [0.29, 0.717) is 162 Å². The Hall–Kier alpha value is -6.86. The summed E-state index contributed by atoms with van der Waals surface area (Å²) < 4.78 is 57.7.